The van der Waals surface area contributed by atoms with Crippen molar-refractivity contribution in [2.24, 2.45) is 0 Å². The van der Waals surface area contributed by atoms with Crippen molar-refractivity contribution >= 4 is 31.4 Å². The molecule has 0 heterocycles. The highest BCUT2D eigenvalue weighted by molar-refractivity contribution is 7.93. The lowest BCUT2D eigenvalue weighted by atomic mass is 10.3. The fourth-order valence-electron chi connectivity index (χ4n) is 2.60. The Kier molecular flexibility index (Phi) is 6.14. The number of halogens is 2. The lowest BCUT2D eigenvalue weighted by molar-refractivity contribution is 0.402. The van der Waals surface area contributed by atoms with Crippen LogP contribution in [0.25, 0.3) is 0 Å². The summed E-state index contributed by atoms with van der Waals surface area (Å²) >= 11 is 0. The van der Waals surface area contributed by atoms with E-state index in [1.807, 2.05) is 0 Å². The molecule has 0 aliphatic heterocycles. The van der Waals surface area contributed by atoms with E-state index in [1.165, 1.54) is 7.11 Å². The molecule has 0 spiro atoms. The van der Waals surface area contributed by atoms with Crippen LogP contribution >= 0.6 is 0 Å². The van der Waals surface area contributed by atoms with Crippen molar-refractivity contribution in [3.05, 3.63) is 66.2 Å². The topological polar surface area (TPSA) is 142 Å². The molecule has 3 rings (SSSR count). The van der Waals surface area contributed by atoms with Crippen LogP contribution in [-0.4, -0.2) is 34.2 Å². The van der Waals surface area contributed by atoms with E-state index in [9.17, 15) is 35.8 Å². The maximum atomic E-state index is 13.5. The van der Waals surface area contributed by atoms with Crippen LogP contribution in [0.4, 0.5) is 20.2 Å². The summed E-state index contributed by atoms with van der Waals surface area (Å²) < 4.78 is 87.2. The Morgan fingerprint density at radius 3 is 1.72 bits per heavy atom. The molecule has 13 heteroatoms. The molecule has 170 valence electrons. The summed E-state index contributed by atoms with van der Waals surface area (Å²) in [5, 5.41) is 18.5. The zero-order chi connectivity index (χ0) is 23.7. The summed E-state index contributed by atoms with van der Waals surface area (Å²) in [5.74, 6) is -3.70. The lowest BCUT2D eigenvalue weighted by Gasteiger charge is -2.14. The summed E-state index contributed by atoms with van der Waals surface area (Å²) in [7, 11) is -7.67. The Hall–Kier alpha value is -3.58. The Labute approximate surface area is 182 Å². The molecule has 3 aromatic rings. The molecule has 0 aliphatic carbocycles. The van der Waals surface area contributed by atoms with Gasteiger partial charge in [0, 0.05) is 12.1 Å². The number of nitrogens with one attached hydrogen (secondary N) is 2. The molecule has 0 amide bonds. The molecule has 0 aliphatic rings. The molecule has 0 aromatic heterocycles. The summed E-state index contributed by atoms with van der Waals surface area (Å²) in [6.07, 6.45) is 0. The first kappa shape index (κ1) is 23.1. The van der Waals surface area contributed by atoms with E-state index in [0.29, 0.717) is 0 Å². The van der Waals surface area contributed by atoms with Crippen molar-refractivity contribution < 1.29 is 40.6 Å². The molecule has 0 saturated heterocycles. The van der Waals surface area contributed by atoms with E-state index in [-0.39, 0.29) is 17.1 Å². The summed E-state index contributed by atoms with van der Waals surface area (Å²) in [5.41, 5.74) is -0.438. The van der Waals surface area contributed by atoms with Gasteiger partial charge in [-0.1, -0.05) is 0 Å². The van der Waals surface area contributed by atoms with Crippen LogP contribution in [0, 0.1) is 11.6 Å². The van der Waals surface area contributed by atoms with Crippen molar-refractivity contribution in [1.82, 2.24) is 0 Å². The number of methoxy groups -OCH3 is 1. The Bertz CT molecular complexity index is 1390. The van der Waals surface area contributed by atoms with E-state index < -0.39 is 53.0 Å². The predicted octanol–water partition coefficient (Wildman–Crippen LogP) is 2.99. The second-order valence-corrected chi connectivity index (χ2v) is 9.69. The van der Waals surface area contributed by atoms with E-state index in [1.54, 1.807) is 0 Å². The Morgan fingerprint density at radius 2 is 1.25 bits per heavy atom. The fraction of sp³-hybridized carbons (Fsp3) is 0.0526. The van der Waals surface area contributed by atoms with Gasteiger partial charge >= 0.3 is 0 Å². The molecule has 0 unspecified atom stereocenters. The molecule has 0 radical (unpaired) electrons. The molecule has 4 N–H and O–H groups in total. The van der Waals surface area contributed by atoms with Gasteiger partial charge in [0.1, 0.15) is 10.6 Å². The van der Waals surface area contributed by atoms with Gasteiger partial charge in [0.15, 0.2) is 23.1 Å². The largest absolute Gasteiger partial charge is 0.505 e. The maximum Gasteiger partial charge on any atom is 0.265 e. The molecule has 0 bridgehead atoms. The minimum absolute atomic E-state index is 0.202. The fourth-order valence-corrected chi connectivity index (χ4v) is 4.99. The predicted molar refractivity (Wildman–Crippen MR) is 111 cm³/mol. The van der Waals surface area contributed by atoms with Crippen LogP contribution in [0.3, 0.4) is 0 Å². The van der Waals surface area contributed by atoms with Crippen LogP contribution in [0.15, 0.2) is 64.4 Å². The smallest absolute Gasteiger partial charge is 0.265 e. The number of hydrogen-bond donors (Lipinski definition) is 4. The molecule has 0 saturated carbocycles. The Morgan fingerprint density at radius 1 is 0.750 bits per heavy atom. The average molecular weight is 486 g/mol. The Balaban J connectivity index is 2.00. The second kappa shape index (κ2) is 8.51. The normalized spacial score (nSPS) is 11.7. The van der Waals surface area contributed by atoms with Crippen molar-refractivity contribution in [3.63, 3.8) is 0 Å². The standard InChI is InChI=1S/C19H16F2N2O7S2/c1-30-18-7-4-13(31(26,27)22-11-2-5-16(24)14(20)8-11)10-19(18)32(28,29)23-12-3-6-17(25)15(21)9-12/h2-10,22-25H,1H3. The zero-order valence-corrected chi connectivity index (χ0v) is 17.8. The molecule has 3 aromatic carbocycles. The van der Waals surface area contributed by atoms with Gasteiger partial charge in [0.05, 0.1) is 23.4 Å². The highest BCUT2D eigenvalue weighted by atomic mass is 32.2. The molecule has 9 nitrogen and oxygen atoms in total. The zero-order valence-electron chi connectivity index (χ0n) is 16.2. The van der Waals surface area contributed by atoms with Gasteiger partial charge in [-0.2, -0.15) is 0 Å². The number of anilines is 2. The maximum absolute atomic E-state index is 13.5. The average Bonchev–Trinajstić information content (AvgIpc) is 2.72. The number of benzene rings is 3. The van der Waals surface area contributed by atoms with Gasteiger partial charge in [0.25, 0.3) is 20.0 Å². The van der Waals surface area contributed by atoms with Gasteiger partial charge in [-0.3, -0.25) is 9.44 Å². The van der Waals surface area contributed by atoms with E-state index in [0.717, 1.165) is 54.6 Å². The van der Waals surface area contributed by atoms with Crippen molar-refractivity contribution in [1.29, 1.82) is 0 Å². The van der Waals surface area contributed by atoms with Gasteiger partial charge in [-0.25, -0.2) is 25.6 Å². The van der Waals surface area contributed by atoms with Crippen LogP contribution in [0.1, 0.15) is 0 Å². The van der Waals surface area contributed by atoms with Gasteiger partial charge in [-0.15, -0.1) is 0 Å². The minimum Gasteiger partial charge on any atom is -0.505 e. The molecular formula is C19H16F2N2O7S2. The minimum atomic E-state index is -4.46. The first-order valence-corrected chi connectivity index (χ1v) is 11.6. The second-order valence-electron chi connectivity index (χ2n) is 6.36. The van der Waals surface area contributed by atoms with E-state index in [4.69, 9.17) is 4.74 Å². The quantitative estimate of drug-likeness (QED) is 0.376. The third-order valence-electron chi connectivity index (χ3n) is 4.13. The van der Waals surface area contributed by atoms with Gasteiger partial charge < -0.3 is 14.9 Å². The number of phenolic OH excluding ortho intramolecular Hbond substituents is 2. The van der Waals surface area contributed by atoms with E-state index >= 15 is 0 Å². The summed E-state index contributed by atoms with van der Waals surface area (Å²) in [6, 6.07) is 8.54. The third-order valence-corrected chi connectivity index (χ3v) is 6.92. The monoisotopic (exact) mass is 486 g/mol. The van der Waals surface area contributed by atoms with Gasteiger partial charge in [0.2, 0.25) is 0 Å². The first-order valence-electron chi connectivity index (χ1n) is 8.63. The highest BCUT2D eigenvalue weighted by Crippen LogP contribution is 2.30. The van der Waals surface area contributed by atoms with Gasteiger partial charge in [-0.05, 0) is 42.5 Å². The highest BCUT2D eigenvalue weighted by Gasteiger charge is 2.25. The number of rotatable bonds is 7. The number of phenols is 2. The van der Waals surface area contributed by atoms with Crippen molar-refractivity contribution in [3.8, 4) is 17.2 Å². The van der Waals surface area contributed by atoms with Crippen LogP contribution in [0.2, 0.25) is 0 Å². The van der Waals surface area contributed by atoms with Crippen LogP contribution in [-0.2, 0) is 20.0 Å². The molecule has 0 atom stereocenters. The number of aromatic hydroxyl groups is 2. The number of sulfonamides is 2. The SMILES string of the molecule is COc1ccc(S(=O)(=O)Nc2ccc(O)c(F)c2)cc1S(=O)(=O)Nc1ccc(O)c(F)c1. The molecular weight excluding hydrogens is 470 g/mol. The third kappa shape index (κ3) is 4.84. The molecule has 0 fully saturated rings. The van der Waals surface area contributed by atoms with Crippen molar-refractivity contribution in [2.75, 3.05) is 16.6 Å². The first-order chi connectivity index (χ1) is 14.9. The van der Waals surface area contributed by atoms with Crippen LogP contribution in [0.5, 0.6) is 17.2 Å². The number of ether oxygens (including phenoxy) is 1. The molecule has 32 heavy (non-hydrogen) atoms. The van der Waals surface area contributed by atoms with Crippen LogP contribution < -0.4 is 14.2 Å². The number of hydrogen-bond acceptors (Lipinski definition) is 7. The summed E-state index contributed by atoms with van der Waals surface area (Å²) in [4.78, 5) is -1.07. The summed E-state index contributed by atoms with van der Waals surface area (Å²) in [6.45, 7) is 0. The lowest BCUT2D eigenvalue weighted by Crippen LogP contribution is -2.17. The van der Waals surface area contributed by atoms with Crippen molar-refractivity contribution in [2.45, 2.75) is 9.79 Å². The van der Waals surface area contributed by atoms with E-state index in [2.05, 4.69) is 9.44 Å².